The molecule has 0 spiro atoms. The second-order valence-corrected chi connectivity index (χ2v) is 8.52. The molecule has 1 amide bonds. The first-order valence-corrected chi connectivity index (χ1v) is 8.78. The third-order valence-corrected chi connectivity index (χ3v) is 4.56. The van der Waals surface area contributed by atoms with Crippen LogP contribution in [0, 0.1) is 11.2 Å². The van der Waals surface area contributed by atoms with Crippen LogP contribution in [0.3, 0.4) is 0 Å². The van der Waals surface area contributed by atoms with Gasteiger partial charge in [0.1, 0.15) is 10.7 Å². The van der Waals surface area contributed by atoms with Gasteiger partial charge in [0.2, 0.25) is 5.91 Å². The Morgan fingerprint density at radius 2 is 1.86 bits per heavy atom. The molecule has 22 heavy (non-hydrogen) atoms. The molecule has 0 aliphatic carbocycles. The maximum Gasteiger partial charge on any atom is 0.237 e. The Kier molecular flexibility index (Phi) is 5.35. The summed E-state index contributed by atoms with van der Waals surface area (Å²) in [7, 11) is -3.61. The number of hydrogen-bond donors (Lipinski definition) is 2. The number of nitrogens with one attached hydrogen (secondary N) is 1. The molecule has 0 saturated carbocycles. The number of carbonyl (C=O) groups is 1. The molecular formula is C15H23FN2O3S. The lowest BCUT2D eigenvalue weighted by Crippen LogP contribution is -2.49. The van der Waals surface area contributed by atoms with Gasteiger partial charge in [0.25, 0.3) is 0 Å². The van der Waals surface area contributed by atoms with Gasteiger partial charge in [-0.25, -0.2) is 12.8 Å². The van der Waals surface area contributed by atoms with Crippen molar-refractivity contribution >= 4 is 15.7 Å². The van der Waals surface area contributed by atoms with Gasteiger partial charge in [-0.3, -0.25) is 4.79 Å². The molecule has 0 fully saturated rings. The monoisotopic (exact) mass is 330 g/mol. The number of rotatable bonds is 4. The molecule has 0 aliphatic heterocycles. The fourth-order valence-corrected chi connectivity index (χ4v) is 2.60. The van der Waals surface area contributed by atoms with Crippen LogP contribution < -0.4 is 11.1 Å². The van der Waals surface area contributed by atoms with Crippen molar-refractivity contribution in [2.75, 3.05) is 6.26 Å². The Hall–Kier alpha value is -1.47. The van der Waals surface area contributed by atoms with E-state index in [2.05, 4.69) is 5.32 Å². The van der Waals surface area contributed by atoms with Crippen molar-refractivity contribution in [3.05, 3.63) is 29.6 Å². The zero-order chi connectivity index (χ0) is 17.3. The maximum absolute atomic E-state index is 13.9. The van der Waals surface area contributed by atoms with E-state index in [1.54, 1.807) is 6.92 Å². The van der Waals surface area contributed by atoms with Crippen LogP contribution in [0.25, 0.3) is 0 Å². The molecule has 124 valence electrons. The van der Waals surface area contributed by atoms with Crippen LogP contribution in [-0.4, -0.2) is 26.6 Å². The fraction of sp³-hybridized carbons (Fsp3) is 0.533. The zero-order valence-corrected chi connectivity index (χ0v) is 14.3. The van der Waals surface area contributed by atoms with Crippen molar-refractivity contribution in [3.63, 3.8) is 0 Å². The van der Waals surface area contributed by atoms with Crippen molar-refractivity contribution in [2.24, 2.45) is 11.1 Å². The topological polar surface area (TPSA) is 89.3 Å². The van der Waals surface area contributed by atoms with Gasteiger partial charge < -0.3 is 11.1 Å². The van der Waals surface area contributed by atoms with Crippen molar-refractivity contribution in [2.45, 2.75) is 44.7 Å². The SMILES string of the molecule is CC(NC(=O)[C@@H](N)C(C)(C)C)c1ccc(S(C)(=O)=O)c(F)c1. The summed E-state index contributed by atoms with van der Waals surface area (Å²) in [5.74, 6) is -1.17. The van der Waals surface area contributed by atoms with E-state index >= 15 is 0 Å². The molecule has 0 bridgehead atoms. The molecule has 0 saturated heterocycles. The van der Waals surface area contributed by atoms with Crippen LogP contribution in [0.2, 0.25) is 0 Å². The number of benzene rings is 1. The third kappa shape index (κ3) is 4.51. The summed E-state index contributed by atoms with van der Waals surface area (Å²) in [6.45, 7) is 7.23. The number of amides is 1. The number of sulfone groups is 1. The lowest BCUT2D eigenvalue weighted by atomic mass is 9.86. The minimum atomic E-state index is -3.61. The second kappa shape index (κ2) is 6.34. The molecule has 3 N–H and O–H groups in total. The second-order valence-electron chi connectivity index (χ2n) is 6.54. The van der Waals surface area contributed by atoms with Gasteiger partial charge >= 0.3 is 0 Å². The van der Waals surface area contributed by atoms with E-state index in [9.17, 15) is 17.6 Å². The van der Waals surface area contributed by atoms with E-state index in [1.807, 2.05) is 20.8 Å². The Bertz CT molecular complexity index is 666. The summed E-state index contributed by atoms with van der Waals surface area (Å²) in [5, 5.41) is 2.71. The zero-order valence-electron chi connectivity index (χ0n) is 13.5. The van der Waals surface area contributed by atoms with Crippen LogP contribution in [0.1, 0.15) is 39.3 Å². The van der Waals surface area contributed by atoms with Crippen molar-refractivity contribution in [1.82, 2.24) is 5.32 Å². The predicted molar refractivity (Wildman–Crippen MR) is 83.5 cm³/mol. The average molecular weight is 330 g/mol. The predicted octanol–water partition coefficient (Wildman–Crippen LogP) is 1.78. The molecule has 1 unspecified atom stereocenters. The lowest BCUT2D eigenvalue weighted by Gasteiger charge is -2.27. The number of hydrogen-bond acceptors (Lipinski definition) is 4. The fourth-order valence-electron chi connectivity index (χ4n) is 1.87. The first kappa shape index (κ1) is 18.6. The molecule has 7 heteroatoms. The van der Waals surface area contributed by atoms with Gasteiger partial charge in [-0.1, -0.05) is 26.8 Å². The lowest BCUT2D eigenvalue weighted by molar-refractivity contribution is -0.125. The molecule has 1 rings (SSSR count). The van der Waals surface area contributed by atoms with Gasteiger partial charge in [0, 0.05) is 6.26 Å². The number of halogens is 1. The molecular weight excluding hydrogens is 307 g/mol. The highest BCUT2D eigenvalue weighted by Gasteiger charge is 2.28. The van der Waals surface area contributed by atoms with Crippen LogP contribution >= 0.6 is 0 Å². The van der Waals surface area contributed by atoms with E-state index in [0.717, 1.165) is 12.3 Å². The largest absolute Gasteiger partial charge is 0.348 e. The minimum Gasteiger partial charge on any atom is -0.348 e. The summed E-state index contributed by atoms with van der Waals surface area (Å²) in [6.07, 6.45) is 0.943. The molecule has 5 nitrogen and oxygen atoms in total. The smallest absolute Gasteiger partial charge is 0.237 e. The van der Waals surface area contributed by atoms with E-state index in [4.69, 9.17) is 5.73 Å². The maximum atomic E-state index is 13.9. The quantitative estimate of drug-likeness (QED) is 0.880. The van der Waals surface area contributed by atoms with E-state index in [0.29, 0.717) is 5.56 Å². The van der Waals surface area contributed by atoms with Crippen LogP contribution in [-0.2, 0) is 14.6 Å². The third-order valence-electron chi connectivity index (χ3n) is 3.43. The van der Waals surface area contributed by atoms with Gasteiger partial charge in [0.05, 0.1) is 12.1 Å². The Morgan fingerprint density at radius 1 is 1.32 bits per heavy atom. The van der Waals surface area contributed by atoms with E-state index in [1.165, 1.54) is 12.1 Å². The summed E-state index contributed by atoms with van der Waals surface area (Å²) in [4.78, 5) is 11.7. The summed E-state index contributed by atoms with van der Waals surface area (Å²) in [5.41, 5.74) is 5.94. The van der Waals surface area contributed by atoms with Crippen molar-refractivity contribution in [3.8, 4) is 0 Å². The molecule has 1 aromatic carbocycles. The first-order valence-electron chi connectivity index (χ1n) is 6.89. The highest BCUT2D eigenvalue weighted by Crippen LogP contribution is 2.22. The number of carbonyl (C=O) groups excluding carboxylic acids is 1. The Morgan fingerprint density at radius 3 is 2.27 bits per heavy atom. The van der Waals surface area contributed by atoms with Crippen LogP contribution in [0.4, 0.5) is 4.39 Å². The molecule has 1 aromatic rings. The molecule has 2 atom stereocenters. The van der Waals surface area contributed by atoms with Crippen molar-refractivity contribution in [1.29, 1.82) is 0 Å². The summed E-state index contributed by atoms with van der Waals surface area (Å²) in [6, 6.07) is 2.61. The van der Waals surface area contributed by atoms with Gasteiger partial charge in [0.15, 0.2) is 9.84 Å². The minimum absolute atomic E-state index is 0.340. The van der Waals surface area contributed by atoms with Crippen LogP contribution in [0.15, 0.2) is 23.1 Å². The Balaban J connectivity index is 2.94. The molecule has 0 radical (unpaired) electrons. The first-order chi connectivity index (χ1) is 9.84. The van der Waals surface area contributed by atoms with E-state index in [-0.39, 0.29) is 10.8 Å². The normalized spacial score (nSPS) is 15.2. The molecule has 0 aliphatic rings. The summed E-state index contributed by atoms with van der Waals surface area (Å²) >= 11 is 0. The van der Waals surface area contributed by atoms with Crippen molar-refractivity contribution < 1.29 is 17.6 Å². The van der Waals surface area contributed by atoms with Gasteiger partial charge in [-0.15, -0.1) is 0 Å². The van der Waals surface area contributed by atoms with Gasteiger partial charge in [-0.2, -0.15) is 0 Å². The highest BCUT2D eigenvalue weighted by atomic mass is 32.2. The highest BCUT2D eigenvalue weighted by molar-refractivity contribution is 7.90. The van der Waals surface area contributed by atoms with Gasteiger partial charge in [-0.05, 0) is 30.0 Å². The molecule has 0 heterocycles. The Labute approximate surface area is 131 Å². The van der Waals surface area contributed by atoms with E-state index < -0.39 is 33.2 Å². The van der Waals surface area contributed by atoms with Crippen LogP contribution in [0.5, 0.6) is 0 Å². The average Bonchev–Trinajstić information content (AvgIpc) is 2.34. The standard InChI is InChI=1S/C15H23FN2O3S/c1-9(18-14(19)13(17)15(2,3)4)10-6-7-12(11(16)8-10)22(5,20)21/h6-9,13H,17H2,1-5H3,(H,18,19)/t9?,13-/m1/s1. The molecule has 0 aromatic heterocycles. The number of nitrogens with two attached hydrogens (primary N) is 1. The summed E-state index contributed by atoms with van der Waals surface area (Å²) < 4.78 is 36.6.